The summed E-state index contributed by atoms with van der Waals surface area (Å²) in [6.45, 7) is 5.68. The minimum atomic E-state index is 1.08. The summed E-state index contributed by atoms with van der Waals surface area (Å²) in [5.41, 5.74) is 2.54. The minimum Gasteiger partial charge on any atom is -0.298 e. The van der Waals surface area contributed by atoms with Crippen LogP contribution in [-0.4, -0.2) is 23.0 Å². The molecule has 0 amide bonds. The third kappa shape index (κ3) is 2.91. The third-order valence-corrected chi connectivity index (χ3v) is 5.10. The summed E-state index contributed by atoms with van der Waals surface area (Å²) in [5, 5.41) is 1.16. The van der Waals surface area contributed by atoms with Crippen LogP contribution in [0.15, 0.2) is 28.7 Å². The molecule has 0 spiro atoms. The zero-order valence-electron chi connectivity index (χ0n) is 11.0. The normalized spacial score (nSPS) is 15.5. The summed E-state index contributed by atoms with van der Waals surface area (Å²) in [4.78, 5) is 8.81. The van der Waals surface area contributed by atoms with Gasteiger partial charge in [0.05, 0.1) is 5.69 Å². The molecule has 0 saturated carbocycles. The Labute approximate surface area is 126 Å². The van der Waals surface area contributed by atoms with Gasteiger partial charge in [0, 0.05) is 34.4 Å². The van der Waals surface area contributed by atoms with Crippen molar-refractivity contribution < 1.29 is 0 Å². The molecule has 1 aliphatic rings. The van der Waals surface area contributed by atoms with E-state index in [2.05, 4.69) is 52.0 Å². The summed E-state index contributed by atoms with van der Waals surface area (Å²) < 4.78 is 1.12. The molecule has 4 heteroatoms. The predicted octanol–water partition coefficient (Wildman–Crippen LogP) is 4.34. The Hall–Kier alpha value is -0.710. The first-order valence-electron chi connectivity index (χ1n) is 6.73. The average Bonchev–Trinajstić information content (AvgIpc) is 2.83. The third-order valence-electron chi connectivity index (χ3n) is 3.44. The van der Waals surface area contributed by atoms with E-state index in [9.17, 15) is 0 Å². The molecule has 0 N–H and O–H groups in total. The summed E-state index contributed by atoms with van der Waals surface area (Å²) in [6, 6.07) is 8.44. The SMILES string of the molecule is CCCN1CCc2nc(-c3ccc(Br)cc3)sc2C1. The summed E-state index contributed by atoms with van der Waals surface area (Å²) in [6.07, 6.45) is 2.33. The second-order valence-electron chi connectivity index (χ2n) is 4.92. The van der Waals surface area contributed by atoms with Gasteiger partial charge in [-0.3, -0.25) is 4.90 Å². The molecule has 0 radical (unpaired) electrons. The van der Waals surface area contributed by atoms with Gasteiger partial charge in [0.25, 0.3) is 0 Å². The van der Waals surface area contributed by atoms with Gasteiger partial charge < -0.3 is 0 Å². The fourth-order valence-electron chi connectivity index (χ4n) is 2.47. The van der Waals surface area contributed by atoms with Crippen molar-refractivity contribution in [2.45, 2.75) is 26.3 Å². The molecule has 3 rings (SSSR count). The number of thiazole rings is 1. The first kappa shape index (κ1) is 13.3. The maximum atomic E-state index is 4.82. The highest BCUT2D eigenvalue weighted by Gasteiger charge is 2.20. The molecule has 1 aromatic carbocycles. The lowest BCUT2D eigenvalue weighted by atomic mass is 10.1. The topological polar surface area (TPSA) is 16.1 Å². The van der Waals surface area contributed by atoms with Crippen LogP contribution in [0.3, 0.4) is 0 Å². The molecule has 0 saturated heterocycles. The van der Waals surface area contributed by atoms with Crippen LogP contribution in [-0.2, 0) is 13.0 Å². The number of aromatic nitrogens is 1. The molecule has 100 valence electrons. The van der Waals surface area contributed by atoms with Crippen LogP contribution in [0.4, 0.5) is 0 Å². The smallest absolute Gasteiger partial charge is 0.123 e. The van der Waals surface area contributed by atoms with E-state index in [1.54, 1.807) is 0 Å². The largest absolute Gasteiger partial charge is 0.298 e. The van der Waals surface area contributed by atoms with E-state index < -0.39 is 0 Å². The van der Waals surface area contributed by atoms with E-state index in [4.69, 9.17) is 4.98 Å². The predicted molar refractivity (Wildman–Crippen MR) is 84.5 cm³/mol. The second kappa shape index (κ2) is 5.73. The van der Waals surface area contributed by atoms with Crippen molar-refractivity contribution >= 4 is 27.3 Å². The molecular formula is C15H17BrN2S. The molecule has 0 unspecified atom stereocenters. The van der Waals surface area contributed by atoms with Gasteiger partial charge in [-0.2, -0.15) is 0 Å². The molecule has 0 aliphatic carbocycles. The zero-order valence-corrected chi connectivity index (χ0v) is 13.4. The van der Waals surface area contributed by atoms with Gasteiger partial charge in [0.1, 0.15) is 5.01 Å². The maximum absolute atomic E-state index is 4.82. The summed E-state index contributed by atoms with van der Waals surface area (Å²) in [7, 11) is 0. The molecule has 1 aromatic heterocycles. The molecular weight excluding hydrogens is 320 g/mol. The summed E-state index contributed by atoms with van der Waals surface area (Å²) >= 11 is 5.33. The van der Waals surface area contributed by atoms with E-state index in [1.807, 2.05) is 11.3 Å². The molecule has 2 aromatic rings. The summed E-state index contributed by atoms with van der Waals surface area (Å²) in [5.74, 6) is 0. The molecule has 1 aliphatic heterocycles. The Morgan fingerprint density at radius 1 is 1.32 bits per heavy atom. The van der Waals surface area contributed by atoms with E-state index in [0.29, 0.717) is 0 Å². The van der Waals surface area contributed by atoms with Crippen molar-refractivity contribution in [3.8, 4) is 10.6 Å². The highest BCUT2D eigenvalue weighted by Crippen LogP contribution is 2.32. The van der Waals surface area contributed by atoms with Crippen LogP contribution in [0, 0.1) is 0 Å². The van der Waals surface area contributed by atoms with Crippen molar-refractivity contribution in [1.82, 2.24) is 9.88 Å². The van der Waals surface area contributed by atoms with Crippen LogP contribution in [0.2, 0.25) is 0 Å². The number of rotatable bonds is 3. The van der Waals surface area contributed by atoms with Crippen LogP contribution in [0.25, 0.3) is 10.6 Å². The maximum Gasteiger partial charge on any atom is 0.123 e. The van der Waals surface area contributed by atoms with E-state index in [0.717, 1.165) is 29.0 Å². The van der Waals surface area contributed by atoms with Crippen molar-refractivity contribution in [2.75, 3.05) is 13.1 Å². The molecule has 0 bridgehead atoms. The quantitative estimate of drug-likeness (QED) is 0.828. The molecule has 2 nitrogen and oxygen atoms in total. The molecule has 2 heterocycles. The van der Waals surface area contributed by atoms with Gasteiger partial charge >= 0.3 is 0 Å². The number of benzene rings is 1. The van der Waals surface area contributed by atoms with Gasteiger partial charge in [-0.05, 0) is 25.1 Å². The van der Waals surface area contributed by atoms with E-state index in [1.165, 1.54) is 29.1 Å². The Morgan fingerprint density at radius 2 is 2.11 bits per heavy atom. The molecule has 0 atom stereocenters. The lowest BCUT2D eigenvalue weighted by Crippen LogP contribution is -2.30. The standard InChI is InChI=1S/C15H17BrN2S/c1-2-8-18-9-7-13-14(10-18)19-15(17-13)11-3-5-12(16)6-4-11/h3-6H,2,7-10H2,1H3. The first-order chi connectivity index (χ1) is 9.26. The van der Waals surface area contributed by atoms with Crippen molar-refractivity contribution in [3.05, 3.63) is 39.3 Å². The fraction of sp³-hybridized carbons (Fsp3) is 0.400. The minimum absolute atomic E-state index is 1.08. The number of hydrogen-bond donors (Lipinski definition) is 0. The van der Waals surface area contributed by atoms with E-state index in [-0.39, 0.29) is 0 Å². The van der Waals surface area contributed by atoms with Crippen LogP contribution >= 0.6 is 27.3 Å². The molecule has 19 heavy (non-hydrogen) atoms. The lowest BCUT2D eigenvalue weighted by Gasteiger charge is -2.25. The van der Waals surface area contributed by atoms with Crippen LogP contribution < -0.4 is 0 Å². The number of halogens is 1. The highest BCUT2D eigenvalue weighted by atomic mass is 79.9. The van der Waals surface area contributed by atoms with Crippen LogP contribution in [0.5, 0.6) is 0 Å². The Bertz CT molecular complexity index is 562. The number of fused-ring (bicyclic) bond motifs is 1. The number of nitrogens with zero attached hydrogens (tertiary/aromatic N) is 2. The first-order valence-corrected chi connectivity index (χ1v) is 8.34. The fourth-order valence-corrected chi connectivity index (χ4v) is 3.89. The number of hydrogen-bond acceptors (Lipinski definition) is 3. The molecule has 0 fully saturated rings. The van der Waals surface area contributed by atoms with Crippen molar-refractivity contribution in [2.24, 2.45) is 0 Å². The monoisotopic (exact) mass is 336 g/mol. The van der Waals surface area contributed by atoms with E-state index >= 15 is 0 Å². The van der Waals surface area contributed by atoms with Gasteiger partial charge in [-0.1, -0.05) is 35.0 Å². The Balaban J connectivity index is 1.85. The van der Waals surface area contributed by atoms with Crippen molar-refractivity contribution in [1.29, 1.82) is 0 Å². The second-order valence-corrected chi connectivity index (χ2v) is 6.92. The van der Waals surface area contributed by atoms with Crippen LogP contribution in [0.1, 0.15) is 23.9 Å². The zero-order chi connectivity index (χ0) is 13.2. The highest BCUT2D eigenvalue weighted by molar-refractivity contribution is 9.10. The van der Waals surface area contributed by atoms with Gasteiger partial charge in [0.15, 0.2) is 0 Å². The van der Waals surface area contributed by atoms with Crippen molar-refractivity contribution in [3.63, 3.8) is 0 Å². The van der Waals surface area contributed by atoms with Gasteiger partial charge in [-0.15, -0.1) is 11.3 Å². The van der Waals surface area contributed by atoms with Gasteiger partial charge in [-0.25, -0.2) is 4.98 Å². The van der Waals surface area contributed by atoms with Gasteiger partial charge in [0.2, 0.25) is 0 Å². The lowest BCUT2D eigenvalue weighted by molar-refractivity contribution is 0.256. The Morgan fingerprint density at radius 3 is 2.84 bits per heavy atom. The average molecular weight is 337 g/mol. The Kier molecular flexibility index (Phi) is 4.01.